The molecule has 5 heteroatoms. The standard InChI is InChI=1S/C16H19NO4/c1-5-11-6-8-12(9-7-11)10-13(14(18)19)17-15(20)21-16(2,3)4/h1,6-9,13H,10H2,2-4H3,(H,17,20)(H,18,19)/t13-/m0/s1. The van der Waals surface area contributed by atoms with Gasteiger partial charge in [-0.25, -0.2) is 9.59 Å². The molecule has 0 saturated heterocycles. The number of ether oxygens (including phenoxy) is 1. The molecule has 0 aromatic heterocycles. The third kappa shape index (κ3) is 6.00. The Bertz CT molecular complexity index is 549. The summed E-state index contributed by atoms with van der Waals surface area (Å²) in [6, 6.07) is 5.87. The summed E-state index contributed by atoms with van der Waals surface area (Å²) in [5.74, 6) is 1.36. The van der Waals surface area contributed by atoms with Gasteiger partial charge in [-0.2, -0.15) is 0 Å². The molecule has 112 valence electrons. The van der Waals surface area contributed by atoms with Crippen LogP contribution in [0.1, 0.15) is 31.9 Å². The van der Waals surface area contributed by atoms with Crippen LogP contribution in [0.25, 0.3) is 0 Å². The lowest BCUT2D eigenvalue weighted by atomic mass is 10.0. The van der Waals surface area contributed by atoms with E-state index in [4.69, 9.17) is 11.2 Å². The van der Waals surface area contributed by atoms with Crippen molar-refractivity contribution < 1.29 is 19.4 Å². The predicted octanol–water partition coefficient (Wildman–Crippen LogP) is 2.19. The maximum absolute atomic E-state index is 11.6. The molecule has 0 heterocycles. The fourth-order valence-electron chi connectivity index (χ4n) is 1.62. The third-order valence-electron chi connectivity index (χ3n) is 2.55. The van der Waals surface area contributed by atoms with E-state index in [1.165, 1.54) is 0 Å². The lowest BCUT2D eigenvalue weighted by Crippen LogP contribution is -2.44. The van der Waals surface area contributed by atoms with Gasteiger partial charge < -0.3 is 15.2 Å². The fourth-order valence-corrected chi connectivity index (χ4v) is 1.62. The van der Waals surface area contributed by atoms with Crippen LogP contribution < -0.4 is 5.32 Å². The van der Waals surface area contributed by atoms with E-state index in [1.54, 1.807) is 45.0 Å². The van der Waals surface area contributed by atoms with Gasteiger partial charge in [-0.1, -0.05) is 18.1 Å². The van der Waals surface area contributed by atoms with Crippen molar-refractivity contribution in [3.8, 4) is 12.3 Å². The largest absolute Gasteiger partial charge is 0.480 e. The van der Waals surface area contributed by atoms with E-state index >= 15 is 0 Å². The number of rotatable bonds is 4. The van der Waals surface area contributed by atoms with E-state index < -0.39 is 23.7 Å². The maximum Gasteiger partial charge on any atom is 0.408 e. The van der Waals surface area contributed by atoms with Crippen LogP contribution in [0.2, 0.25) is 0 Å². The Labute approximate surface area is 124 Å². The number of aliphatic carboxylic acids is 1. The molecular weight excluding hydrogens is 270 g/mol. The zero-order valence-electron chi connectivity index (χ0n) is 12.3. The van der Waals surface area contributed by atoms with Gasteiger partial charge in [0.05, 0.1) is 0 Å². The summed E-state index contributed by atoms with van der Waals surface area (Å²) < 4.78 is 5.05. The summed E-state index contributed by atoms with van der Waals surface area (Å²) in [6.07, 6.45) is 4.65. The van der Waals surface area contributed by atoms with E-state index in [2.05, 4.69) is 11.2 Å². The van der Waals surface area contributed by atoms with Gasteiger partial charge in [-0.05, 0) is 38.5 Å². The molecule has 5 nitrogen and oxygen atoms in total. The predicted molar refractivity (Wildman–Crippen MR) is 78.9 cm³/mol. The number of nitrogens with one attached hydrogen (secondary N) is 1. The summed E-state index contributed by atoms with van der Waals surface area (Å²) in [5, 5.41) is 11.5. The first-order valence-electron chi connectivity index (χ1n) is 6.49. The molecule has 0 aliphatic rings. The summed E-state index contributed by atoms with van der Waals surface area (Å²) in [5.41, 5.74) is 0.796. The number of hydrogen-bond donors (Lipinski definition) is 2. The summed E-state index contributed by atoms with van der Waals surface area (Å²) in [4.78, 5) is 22.9. The first kappa shape index (κ1) is 16.6. The summed E-state index contributed by atoms with van der Waals surface area (Å²) in [6.45, 7) is 5.13. The molecule has 0 saturated carbocycles. The molecule has 1 amide bonds. The van der Waals surface area contributed by atoms with Crippen molar-refractivity contribution in [3.05, 3.63) is 35.4 Å². The van der Waals surface area contributed by atoms with Gasteiger partial charge in [-0.3, -0.25) is 0 Å². The van der Waals surface area contributed by atoms with Crippen molar-refractivity contribution in [3.63, 3.8) is 0 Å². The summed E-state index contributed by atoms with van der Waals surface area (Å²) in [7, 11) is 0. The van der Waals surface area contributed by atoms with E-state index in [0.717, 1.165) is 5.56 Å². The topological polar surface area (TPSA) is 75.6 Å². The maximum atomic E-state index is 11.6. The van der Waals surface area contributed by atoms with Crippen molar-refractivity contribution in [2.75, 3.05) is 0 Å². The highest BCUT2D eigenvalue weighted by Gasteiger charge is 2.24. The van der Waals surface area contributed by atoms with Crippen LogP contribution in [0.5, 0.6) is 0 Å². The molecule has 0 fully saturated rings. The minimum Gasteiger partial charge on any atom is -0.480 e. The Kier molecular flexibility index (Phi) is 5.37. The van der Waals surface area contributed by atoms with E-state index in [0.29, 0.717) is 5.56 Å². The number of carbonyl (C=O) groups is 2. The monoisotopic (exact) mass is 289 g/mol. The Morgan fingerprint density at radius 2 is 1.90 bits per heavy atom. The van der Waals surface area contributed by atoms with Gasteiger partial charge in [0.1, 0.15) is 11.6 Å². The Morgan fingerprint density at radius 1 is 1.33 bits per heavy atom. The Morgan fingerprint density at radius 3 is 2.33 bits per heavy atom. The van der Waals surface area contributed by atoms with Crippen LogP contribution in [-0.2, 0) is 16.0 Å². The molecule has 0 unspecified atom stereocenters. The van der Waals surface area contributed by atoms with Crippen molar-refractivity contribution >= 4 is 12.1 Å². The molecule has 0 aliphatic heterocycles. The van der Waals surface area contributed by atoms with Crippen LogP contribution in [0.15, 0.2) is 24.3 Å². The number of alkyl carbamates (subject to hydrolysis) is 1. The summed E-state index contributed by atoms with van der Waals surface area (Å²) >= 11 is 0. The second-order valence-electron chi connectivity index (χ2n) is 5.58. The van der Waals surface area contributed by atoms with Gasteiger partial charge in [0.2, 0.25) is 0 Å². The van der Waals surface area contributed by atoms with E-state index in [9.17, 15) is 14.7 Å². The van der Waals surface area contributed by atoms with E-state index in [-0.39, 0.29) is 6.42 Å². The second kappa shape index (κ2) is 6.80. The van der Waals surface area contributed by atoms with Crippen molar-refractivity contribution in [2.45, 2.75) is 38.8 Å². The molecule has 0 radical (unpaired) electrons. The highest BCUT2D eigenvalue weighted by atomic mass is 16.6. The first-order chi connectivity index (χ1) is 9.71. The lowest BCUT2D eigenvalue weighted by molar-refractivity contribution is -0.139. The number of carbonyl (C=O) groups excluding carboxylic acids is 1. The highest BCUT2D eigenvalue weighted by molar-refractivity contribution is 5.80. The van der Waals surface area contributed by atoms with Gasteiger partial charge in [0.15, 0.2) is 0 Å². The Hall–Kier alpha value is -2.48. The number of benzene rings is 1. The van der Waals surface area contributed by atoms with Crippen LogP contribution >= 0.6 is 0 Å². The molecule has 1 aromatic rings. The number of terminal acetylenes is 1. The molecule has 0 bridgehead atoms. The molecule has 2 N–H and O–H groups in total. The van der Waals surface area contributed by atoms with Crippen LogP contribution in [-0.4, -0.2) is 28.8 Å². The average Bonchev–Trinajstić information content (AvgIpc) is 2.36. The van der Waals surface area contributed by atoms with Crippen LogP contribution in [0, 0.1) is 12.3 Å². The lowest BCUT2D eigenvalue weighted by Gasteiger charge is -2.22. The van der Waals surface area contributed by atoms with Gasteiger partial charge in [-0.15, -0.1) is 6.42 Å². The minimum atomic E-state index is -1.12. The van der Waals surface area contributed by atoms with E-state index in [1.807, 2.05) is 0 Å². The molecule has 1 rings (SSSR count). The zero-order valence-corrected chi connectivity index (χ0v) is 12.3. The van der Waals surface area contributed by atoms with Crippen molar-refractivity contribution in [1.29, 1.82) is 0 Å². The molecule has 0 spiro atoms. The molecule has 21 heavy (non-hydrogen) atoms. The first-order valence-corrected chi connectivity index (χ1v) is 6.49. The average molecular weight is 289 g/mol. The minimum absolute atomic E-state index is 0.152. The number of amides is 1. The quantitative estimate of drug-likeness (QED) is 0.833. The molecular formula is C16H19NO4. The van der Waals surface area contributed by atoms with Crippen LogP contribution in [0.3, 0.4) is 0 Å². The van der Waals surface area contributed by atoms with Gasteiger partial charge in [0, 0.05) is 12.0 Å². The number of carboxylic acids is 1. The molecule has 1 aromatic carbocycles. The van der Waals surface area contributed by atoms with Crippen LogP contribution in [0.4, 0.5) is 4.79 Å². The van der Waals surface area contributed by atoms with Crippen molar-refractivity contribution in [2.24, 2.45) is 0 Å². The Balaban J connectivity index is 2.72. The smallest absolute Gasteiger partial charge is 0.408 e. The molecule has 0 aliphatic carbocycles. The normalized spacial score (nSPS) is 12.1. The number of hydrogen-bond acceptors (Lipinski definition) is 3. The van der Waals surface area contributed by atoms with Gasteiger partial charge >= 0.3 is 12.1 Å². The number of carboxylic acid groups (broad SMARTS) is 1. The molecule has 1 atom stereocenters. The highest BCUT2D eigenvalue weighted by Crippen LogP contribution is 2.09. The zero-order chi connectivity index (χ0) is 16.0. The van der Waals surface area contributed by atoms with Crippen molar-refractivity contribution in [1.82, 2.24) is 5.32 Å². The third-order valence-corrected chi connectivity index (χ3v) is 2.55. The fraction of sp³-hybridized carbons (Fsp3) is 0.375. The SMILES string of the molecule is C#Cc1ccc(C[C@H](NC(=O)OC(C)(C)C)C(=O)O)cc1. The van der Waals surface area contributed by atoms with Gasteiger partial charge in [0.25, 0.3) is 0 Å². The second-order valence-corrected chi connectivity index (χ2v) is 5.58.